The largest absolute Gasteiger partial charge is 0.393 e. The molecule has 2 rings (SSSR count). The topological polar surface area (TPSA) is 20.2 Å². The van der Waals surface area contributed by atoms with Crippen LogP contribution < -0.4 is 0 Å². The van der Waals surface area contributed by atoms with Crippen LogP contribution in [-0.4, -0.2) is 11.2 Å². The van der Waals surface area contributed by atoms with Crippen LogP contribution in [0.5, 0.6) is 0 Å². The Labute approximate surface area is 92.1 Å². The zero-order valence-electron chi connectivity index (χ0n) is 9.23. The molecule has 15 heavy (non-hydrogen) atoms. The monoisotopic (exact) mass is 204 g/mol. The van der Waals surface area contributed by atoms with Crippen molar-refractivity contribution in [2.45, 2.75) is 44.6 Å². The molecule has 1 aromatic rings. The molecule has 82 valence electrons. The highest BCUT2D eigenvalue weighted by Crippen LogP contribution is 2.26. The van der Waals surface area contributed by atoms with E-state index in [1.54, 1.807) is 0 Å². The van der Waals surface area contributed by atoms with Crippen molar-refractivity contribution >= 4 is 0 Å². The van der Waals surface area contributed by atoms with E-state index in [0.717, 1.165) is 19.3 Å². The maximum absolute atomic E-state index is 9.74. The molecule has 0 bridgehead atoms. The third-order valence-electron chi connectivity index (χ3n) is 3.37. The Balaban J connectivity index is 1.93. The number of hydrogen-bond acceptors (Lipinski definition) is 1. The van der Waals surface area contributed by atoms with Crippen molar-refractivity contribution in [2.75, 3.05) is 0 Å². The van der Waals surface area contributed by atoms with E-state index in [2.05, 4.69) is 30.3 Å². The van der Waals surface area contributed by atoms with Crippen molar-refractivity contribution in [1.29, 1.82) is 0 Å². The highest BCUT2D eigenvalue weighted by Gasteiger charge is 2.18. The fourth-order valence-electron chi connectivity index (χ4n) is 2.57. The van der Waals surface area contributed by atoms with Gasteiger partial charge in [0, 0.05) is 0 Å². The second-order valence-electron chi connectivity index (χ2n) is 4.73. The SMILES string of the molecule is OC1CCCCC(Cc2ccccc2)C1. The van der Waals surface area contributed by atoms with Crippen LogP contribution in [0, 0.1) is 5.92 Å². The Morgan fingerprint density at radius 2 is 1.80 bits per heavy atom. The van der Waals surface area contributed by atoms with Gasteiger partial charge >= 0.3 is 0 Å². The third-order valence-corrected chi connectivity index (χ3v) is 3.37. The van der Waals surface area contributed by atoms with Crippen molar-refractivity contribution in [3.63, 3.8) is 0 Å². The van der Waals surface area contributed by atoms with Gasteiger partial charge in [0.25, 0.3) is 0 Å². The molecule has 0 aromatic heterocycles. The Kier molecular flexibility index (Phi) is 3.79. The van der Waals surface area contributed by atoms with Gasteiger partial charge in [0.1, 0.15) is 0 Å². The Morgan fingerprint density at radius 3 is 2.60 bits per heavy atom. The summed E-state index contributed by atoms with van der Waals surface area (Å²) in [6, 6.07) is 10.6. The molecule has 0 aliphatic heterocycles. The quantitative estimate of drug-likeness (QED) is 0.734. The number of aliphatic hydroxyl groups excluding tert-OH is 1. The molecule has 1 saturated carbocycles. The summed E-state index contributed by atoms with van der Waals surface area (Å²) in [4.78, 5) is 0. The lowest BCUT2D eigenvalue weighted by Gasteiger charge is -2.16. The molecule has 0 saturated heterocycles. The Bertz CT molecular complexity index is 281. The van der Waals surface area contributed by atoms with Crippen LogP contribution >= 0.6 is 0 Å². The second kappa shape index (κ2) is 5.32. The zero-order valence-corrected chi connectivity index (χ0v) is 9.23. The summed E-state index contributed by atoms with van der Waals surface area (Å²) in [5.74, 6) is 0.685. The minimum absolute atomic E-state index is 0.0544. The van der Waals surface area contributed by atoms with Crippen LogP contribution in [0.3, 0.4) is 0 Å². The fourth-order valence-corrected chi connectivity index (χ4v) is 2.57. The van der Waals surface area contributed by atoms with E-state index in [0.29, 0.717) is 5.92 Å². The molecule has 1 aliphatic rings. The van der Waals surface area contributed by atoms with Crippen molar-refractivity contribution in [2.24, 2.45) is 5.92 Å². The smallest absolute Gasteiger partial charge is 0.0543 e. The predicted molar refractivity (Wildman–Crippen MR) is 62.7 cm³/mol. The summed E-state index contributed by atoms with van der Waals surface area (Å²) in [6.07, 6.45) is 6.85. The van der Waals surface area contributed by atoms with Crippen molar-refractivity contribution < 1.29 is 5.11 Å². The van der Waals surface area contributed by atoms with Gasteiger partial charge in [0.05, 0.1) is 6.10 Å². The van der Waals surface area contributed by atoms with Crippen LogP contribution in [-0.2, 0) is 6.42 Å². The lowest BCUT2D eigenvalue weighted by Crippen LogP contribution is -2.12. The summed E-state index contributed by atoms with van der Waals surface area (Å²) in [7, 11) is 0. The molecular weight excluding hydrogens is 184 g/mol. The molecule has 1 heteroatoms. The Morgan fingerprint density at radius 1 is 1.07 bits per heavy atom. The second-order valence-corrected chi connectivity index (χ2v) is 4.73. The molecule has 0 heterocycles. The summed E-state index contributed by atoms with van der Waals surface area (Å²) in [6.45, 7) is 0. The molecule has 0 spiro atoms. The molecule has 0 radical (unpaired) electrons. The van der Waals surface area contributed by atoms with Crippen LogP contribution in [0.1, 0.15) is 37.7 Å². The number of benzene rings is 1. The van der Waals surface area contributed by atoms with E-state index >= 15 is 0 Å². The van der Waals surface area contributed by atoms with E-state index in [-0.39, 0.29) is 6.10 Å². The molecule has 1 nitrogen and oxygen atoms in total. The van der Waals surface area contributed by atoms with E-state index < -0.39 is 0 Å². The average molecular weight is 204 g/mol. The minimum Gasteiger partial charge on any atom is -0.393 e. The molecular formula is C14H20O. The first kappa shape index (κ1) is 10.7. The van der Waals surface area contributed by atoms with Gasteiger partial charge in [0.15, 0.2) is 0 Å². The van der Waals surface area contributed by atoms with Crippen molar-refractivity contribution in [1.82, 2.24) is 0 Å². The highest BCUT2D eigenvalue weighted by atomic mass is 16.3. The van der Waals surface area contributed by atoms with E-state index in [1.165, 1.54) is 24.8 Å². The fraction of sp³-hybridized carbons (Fsp3) is 0.571. The number of aliphatic hydroxyl groups is 1. The van der Waals surface area contributed by atoms with Gasteiger partial charge in [-0.2, -0.15) is 0 Å². The first-order valence-corrected chi connectivity index (χ1v) is 6.06. The van der Waals surface area contributed by atoms with E-state index in [9.17, 15) is 5.11 Å². The molecule has 1 N–H and O–H groups in total. The molecule has 2 unspecified atom stereocenters. The zero-order chi connectivity index (χ0) is 10.5. The van der Waals surface area contributed by atoms with Crippen LogP contribution in [0.4, 0.5) is 0 Å². The molecule has 1 aromatic carbocycles. The van der Waals surface area contributed by atoms with Crippen molar-refractivity contribution in [3.8, 4) is 0 Å². The van der Waals surface area contributed by atoms with Gasteiger partial charge in [-0.15, -0.1) is 0 Å². The maximum atomic E-state index is 9.74. The normalized spacial score (nSPS) is 27.3. The lowest BCUT2D eigenvalue weighted by molar-refractivity contribution is 0.141. The first-order valence-electron chi connectivity index (χ1n) is 6.06. The lowest BCUT2D eigenvalue weighted by atomic mass is 9.92. The summed E-state index contributed by atoms with van der Waals surface area (Å²) in [5, 5.41) is 9.74. The van der Waals surface area contributed by atoms with Gasteiger partial charge in [-0.25, -0.2) is 0 Å². The van der Waals surface area contributed by atoms with Crippen LogP contribution in [0.15, 0.2) is 30.3 Å². The van der Waals surface area contributed by atoms with E-state index in [1.807, 2.05) is 0 Å². The number of rotatable bonds is 2. The first-order chi connectivity index (χ1) is 7.34. The molecule has 1 fully saturated rings. The average Bonchev–Trinajstić information content (AvgIpc) is 2.44. The van der Waals surface area contributed by atoms with Gasteiger partial charge < -0.3 is 5.11 Å². The van der Waals surface area contributed by atoms with Crippen LogP contribution in [0.2, 0.25) is 0 Å². The van der Waals surface area contributed by atoms with Crippen LogP contribution in [0.25, 0.3) is 0 Å². The standard InChI is InChI=1S/C14H20O/c15-14-9-5-4-8-13(11-14)10-12-6-2-1-3-7-12/h1-3,6-7,13-15H,4-5,8-11H2. The third kappa shape index (κ3) is 3.35. The van der Waals surface area contributed by atoms with Gasteiger partial charge in [0.2, 0.25) is 0 Å². The van der Waals surface area contributed by atoms with Gasteiger partial charge in [-0.1, -0.05) is 49.6 Å². The Hall–Kier alpha value is -0.820. The van der Waals surface area contributed by atoms with Gasteiger partial charge in [-0.3, -0.25) is 0 Å². The van der Waals surface area contributed by atoms with Crippen molar-refractivity contribution in [3.05, 3.63) is 35.9 Å². The summed E-state index contributed by atoms with van der Waals surface area (Å²) >= 11 is 0. The molecule has 1 aliphatic carbocycles. The molecule has 2 atom stereocenters. The highest BCUT2D eigenvalue weighted by molar-refractivity contribution is 5.15. The summed E-state index contributed by atoms with van der Waals surface area (Å²) < 4.78 is 0. The van der Waals surface area contributed by atoms with E-state index in [4.69, 9.17) is 0 Å². The van der Waals surface area contributed by atoms with Gasteiger partial charge in [-0.05, 0) is 30.7 Å². The summed E-state index contributed by atoms with van der Waals surface area (Å²) in [5.41, 5.74) is 1.41. The molecule has 0 amide bonds. The maximum Gasteiger partial charge on any atom is 0.0543 e. The predicted octanol–water partition coefficient (Wildman–Crippen LogP) is 3.17. The number of hydrogen-bond donors (Lipinski definition) is 1. The minimum atomic E-state index is -0.0544.